The fraction of sp³-hybridized carbons (Fsp3) is 0.357. The van der Waals surface area contributed by atoms with Crippen molar-refractivity contribution in [2.24, 2.45) is 0 Å². The zero-order chi connectivity index (χ0) is 12.1. The number of furan rings is 1. The van der Waals surface area contributed by atoms with E-state index >= 15 is 0 Å². The Labute approximate surface area is 101 Å². The SMILES string of the molecule is CC(c1ccccn1)C(O)CCc1ccco1. The minimum Gasteiger partial charge on any atom is -0.469 e. The van der Waals surface area contributed by atoms with Crippen LogP contribution in [0.25, 0.3) is 0 Å². The van der Waals surface area contributed by atoms with Crippen molar-refractivity contribution in [1.29, 1.82) is 0 Å². The van der Waals surface area contributed by atoms with Gasteiger partial charge in [0.2, 0.25) is 0 Å². The van der Waals surface area contributed by atoms with E-state index in [1.54, 1.807) is 12.5 Å². The third-order valence-corrected chi connectivity index (χ3v) is 3.00. The Kier molecular flexibility index (Phi) is 3.94. The van der Waals surface area contributed by atoms with Crippen molar-refractivity contribution < 1.29 is 9.52 Å². The molecule has 1 N–H and O–H groups in total. The Bertz CT molecular complexity index is 425. The van der Waals surface area contributed by atoms with Crippen molar-refractivity contribution in [1.82, 2.24) is 4.98 Å². The van der Waals surface area contributed by atoms with Gasteiger partial charge in [-0.2, -0.15) is 0 Å². The van der Waals surface area contributed by atoms with Crippen LogP contribution in [-0.2, 0) is 6.42 Å². The van der Waals surface area contributed by atoms with E-state index in [9.17, 15) is 5.11 Å². The monoisotopic (exact) mass is 231 g/mol. The molecule has 90 valence electrons. The Hall–Kier alpha value is -1.61. The molecule has 0 aliphatic heterocycles. The molecule has 3 heteroatoms. The van der Waals surface area contributed by atoms with E-state index in [2.05, 4.69) is 4.98 Å². The highest BCUT2D eigenvalue weighted by molar-refractivity contribution is 5.10. The second kappa shape index (κ2) is 5.64. The van der Waals surface area contributed by atoms with E-state index in [1.807, 2.05) is 37.3 Å². The van der Waals surface area contributed by atoms with Gasteiger partial charge in [-0.25, -0.2) is 0 Å². The first-order chi connectivity index (χ1) is 8.27. The molecule has 2 atom stereocenters. The molecule has 0 saturated heterocycles. The zero-order valence-corrected chi connectivity index (χ0v) is 9.91. The first-order valence-electron chi connectivity index (χ1n) is 5.89. The number of aliphatic hydroxyl groups excluding tert-OH is 1. The average Bonchev–Trinajstić information content (AvgIpc) is 2.89. The predicted octanol–water partition coefficient (Wildman–Crippen LogP) is 2.77. The third kappa shape index (κ3) is 3.17. The minimum absolute atomic E-state index is 0.0474. The van der Waals surface area contributed by atoms with Gasteiger partial charge in [-0.15, -0.1) is 0 Å². The molecule has 2 heterocycles. The summed E-state index contributed by atoms with van der Waals surface area (Å²) in [5.74, 6) is 0.962. The molecule has 2 aromatic heterocycles. The highest BCUT2D eigenvalue weighted by Gasteiger charge is 2.17. The topological polar surface area (TPSA) is 46.3 Å². The lowest BCUT2D eigenvalue weighted by molar-refractivity contribution is 0.136. The van der Waals surface area contributed by atoms with Crippen LogP contribution in [0.15, 0.2) is 47.2 Å². The number of hydrogen-bond acceptors (Lipinski definition) is 3. The highest BCUT2D eigenvalue weighted by atomic mass is 16.3. The summed E-state index contributed by atoms with van der Waals surface area (Å²) in [6.45, 7) is 2.00. The van der Waals surface area contributed by atoms with E-state index in [0.29, 0.717) is 6.42 Å². The van der Waals surface area contributed by atoms with E-state index in [1.165, 1.54) is 0 Å². The number of hydrogen-bond donors (Lipinski definition) is 1. The van der Waals surface area contributed by atoms with E-state index < -0.39 is 6.10 Å². The van der Waals surface area contributed by atoms with Crippen LogP contribution in [0, 0.1) is 0 Å². The molecule has 2 rings (SSSR count). The molecule has 0 aromatic carbocycles. The summed E-state index contributed by atoms with van der Waals surface area (Å²) >= 11 is 0. The standard InChI is InChI=1S/C14H17NO2/c1-11(13-6-2-3-9-15-13)14(16)8-7-12-5-4-10-17-12/h2-6,9-11,14,16H,7-8H2,1H3. The number of aryl methyl sites for hydroxylation is 1. The molecule has 17 heavy (non-hydrogen) atoms. The quantitative estimate of drug-likeness (QED) is 0.860. The van der Waals surface area contributed by atoms with E-state index in [4.69, 9.17) is 4.42 Å². The zero-order valence-electron chi connectivity index (χ0n) is 9.91. The molecular weight excluding hydrogens is 214 g/mol. The molecule has 0 spiro atoms. The number of nitrogens with zero attached hydrogens (tertiary/aromatic N) is 1. The molecule has 2 unspecified atom stereocenters. The molecule has 0 amide bonds. The normalized spacial score (nSPS) is 14.5. The summed E-state index contributed by atoms with van der Waals surface area (Å²) in [5.41, 5.74) is 0.930. The number of pyridine rings is 1. The number of aromatic nitrogens is 1. The summed E-state index contributed by atoms with van der Waals surface area (Å²) in [7, 11) is 0. The molecule has 0 saturated carbocycles. The third-order valence-electron chi connectivity index (χ3n) is 3.00. The van der Waals surface area contributed by atoms with Gasteiger partial charge in [-0.05, 0) is 30.7 Å². The second-order valence-corrected chi connectivity index (χ2v) is 4.23. The predicted molar refractivity (Wildman–Crippen MR) is 65.7 cm³/mol. The maximum absolute atomic E-state index is 10.1. The van der Waals surface area contributed by atoms with Crippen LogP contribution in [0.5, 0.6) is 0 Å². The van der Waals surface area contributed by atoms with Gasteiger partial charge in [0.25, 0.3) is 0 Å². The maximum Gasteiger partial charge on any atom is 0.103 e. The molecule has 0 aliphatic carbocycles. The van der Waals surface area contributed by atoms with Crippen LogP contribution in [0.3, 0.4) is 0 Å². The number of rotatable bonds is 5. The molecule has 0 aliphatic rings. The lowest BCUT2D eigenvalue weighted by Gasteiger charge is -2.17. The second-order valence-electron chi connectivity index (χ2n) is 4.23. The molecule has 0 fully saturated rings. The van der Waals surface area contributed by atoms with Gasteiger partial charge < -0.3 is 9.52 Å². The minimum atomic E-state index is -0.394. The summed E-state index contributed by atoms with van der Waals surface area (Å²) in [6, 6.07) is 9.56. The van der Waals surface area contributed by atoms with Gasteiger partial charge >= 0.3 is 0 Å². The van der Waals surface area contributed by atoms with Crippen LogP contribution >= 0.6 is 0 Å². The first-order valence-corrected chi connectivity index (χ1v) is 5.89. The van der Waals surface area contributed by atoms with Crippen LogP contribution in [-0.4, -0.2) is 16.2 Å². The fourth-order valence-electron chi connectivity index (χ4n) is 1.84. The Morgan fingerprint density at radius 3 is 2.82 bits per heavy atom. The Balaban J connectivity index is 1.89. The van der Waals surface area contributed by atoms with Crippen molar-refractivity contribution >= 4 is 0 Å². The summed E-state index contributed by atoms with van der Waals surface area (Å²) in [6.07, 6.45) is 4.46. The van der Waals surface area contributed by atoms with Crippen LogP contribution in [0.2, 0.25) is 0 Å². The van der Waals surface area contributed by atoms with Crippen molar-refractivity contribution in [3.8, 4) is 0 Å². The maximum atomic E-state index is 10.1. The van der Waals surface area contributed by atoms with Gasteiger partial charge in [0.1, 0.15) is 5.76 Å². The lowest BCUT2D eigenvalue weighted by Crippen LogP contribution is -2.17. The van der Waals surface area contributed by atoms with Crippen molar-refractivity contribution in [2.45, 2.75) is 31.8 Å². The summed E-state index contributed by atoms with van der Waals surface area (Å²) in [4.78, 5) is 4.26. The first kappa shape index (κ1) is 11.9. The van der Waals surface area contributed by atoms with Gasteiger partial charge in [0.15, 0.2) is 0 Å². The van der Waals surface area contributed by atoms with Crippen molar-refractivity contribution in [3.05, 3.63) is 54.2 Å². The summed E-state index contributed by atoms with van der Waals surface area (Å²) in [5, 5.41) is 10.1. The lowest BCUT2D eigenvalue weighted by atomic mass is 9.96. The van der Waals surface area contributed by atoms with Crippen LogP contribution in [0.4, 0.5) is 0 Å². The van der Waals surface area contributed by atoms with Gasteiger partial charge in [0, 0.05) is 24.2 Å². The van der Waals surface area contributed by atoms with Crippen LogP contribution < -0.4 is 0 Å². The van der Waals surface area contributed by atoms with Gasteiger partial charge in [-0.1, -0.05) is 13.0 Å². The van der Waals surface area contributed by atoms with E-state index in [-0.39, 0.29) is 5.92 Å². The summed E-state index contributed by atoms with van der Waals surface area (Å²) < 4.78 is 5.24. The Morgan fingerprint density at radius 1 is 1.29 bits per heavy atom. The fourth-order valence-corrected chi connectivity index (χ4v) is 1.84. The average molecular weight is 231 g/mol. The molecule has 3 nitrogen and oxygen atoms in total. The van der Waals surface area contributed by atoms with Crippen molar-refractivity contribution in [2.75, 3.05) is 0 Å². The molecular formula is C14H17NO2. The van der Waals surface area contributed by atoms with Crippen molar-refractivity contribution in [3.63, 3.8) is 0 Å². The van der Waals surface area contributed by atoms with Gasteiger partial charge in [0.05, 0.1) is 12.4 Å². The van der Waals surface area contributed by atoms with E-state index in [0.717, 1.165) is 17.9 Å². The largest absolute Gasteiger partial charge is 0.469 e. The number of aliphatic hydroxyl groups is 1. The smallest absolute Gasteiger partial charge is 0.103 e. The van der Waals surface area contributed by atoms with Gasteiger partial charge in [-0.3, -0.25) is 4.98 Å². The van der Waals surface area contributed by atoms with Crippen LogP contribution in [0.1, 0.15) is 30.7 Å². The molecule has 0 bridgehead atoms. The molecule has 0 radical (unpaired) electrons. The Morgan fingerprint density at radius 2 is 2.18 bits per heavy atom. The molecule has 2 aromatic rings. The highest BCUT2D eigenvalue weighted by Crippen LogP contribution is 2.20.